The first-order valence-electron chi connectivity index (χ1n) is 7.74. The highest BCUT2D eigenvalue weighted by Crippen LogP contribution is 2.18. The van der Waals surface area contributed by atoms with Crippen molar-refractivity contribution < 1.29 is 0 Å². The Kier molecular flexibility index (Phi) is 3.49. The van der Waals surface area contributed by atoms with Gasteiger partial charge in [-0.05, 0) is 12.1 Å². The average molecular weight is 324 g/mol. The third-order valence-electron chi connectivity index (χ3n) is 4.13. The summed E-state index contributed by atoms with van der Waals surface area (Å²) in [6.45, 7) is 2.85. The molecular weight excluding hydrogens is 308 g/mol. The fourth-order valence-electron chi connectivity index (χ4n) is 2.90. The second-order valence-corrected chi connectivity index (χ2v) is 5.66. The van der Waals surface area contributed by atoms with Gasteiger partial charge in [-0.1, -0.05) is 12.1 Å². The van der Waals surface area contributed by atoms with Gasteiger partial charge in [0.15, 0.2) is 0 Å². The van der Waals surface area contributed by atoms with E-state index in [1.807, 2.05) is 29.2 Å². The first-order chi connectivity index (χ1) is 11.7. The zero-order valence-electron chi connectivity index (χ0n) is 12.9. The molecule has 0 spiro atoms. The van der Waals surface area contributed by atoms with E-state index >= 15 is 0 Å². The maximum Gasteiger partial charge on any atom is 0.327 e. The Morgan fingerprint density at radius 1 is 0.917 bits per heavy atom. The molecule has 1 aliphatic heterocycles. The smallest absolute Gasteiger partial charge is 0.327 e. The van der Waals surface area contributed by atoms with Crippen molar-refractivity contribution in [1.29, 1.82) is 0 Å². The molecule has 2 aromatic heterocycles. The van der Waals surface area contributed by atoms with E-state index in [-0.39, 0.29) is 0 Å². The van der Waals surface area contributed by atoms with Crippen LogP contribution in [-0.2, 0) is 0 Å². The maximum atomic E-state index is 11.4. The summed E-state index contributed by atoms with van der Waals surface area (Å²) in [7, 11) is 0. The molecule has 24 heavy (non-hydrogen) atoms. The fourth-order valence-corrected chi connectivity index (χ4v) is 2.90. The van der Waals surface area contributed by atoms with E-state index in [9.17, 15) is 9.59 Å². The topological polar surface area (TPSA) is 98.0 Å². The molecule has 3 aromatic rings. The highest BCUT2D eigenvalue weighted by atomic mass is 16.2. The molecule has 0 amide bonds. The third kappa shape index (κ3) is 2.73. The monoisotopic (exact) mass is 324 g/mol. The fraction of sp³-hybridized carbons (Fsp3) is 0.250. The highest BCUT2D eigenvalue weighted by Gasteiger charge is 2.19. The number of piperazine rings is 1. The molecule has 1 aromatic carbocycles. The number of H-pyrrole nitrogens is 2. The van der Waals surface area contributed by atoms with Crippen LogP contribution >= 0.6 is 0 Å². The minimum atomic E-state index is -0.486. The van der Waals surface area contributed by atoms with Crippen LogP contribution in [0.25, 0.3) is 11.0 Å². The van der Waals surface area contributed by atoms with Crippen molar-refractivity contribution in [3.63, 3.8) is 0 Å². The Morgan fingerprint density at radius 3 is 2.38 bits per heavy atom. The van der Waals surface area contributed by atoms with Crippen molar-refractivity contribution in [2.75, 3.05) is 36.0 Å². The van der Waals surface area contributed by atoms with Crippen molar-refractivity contribution >= 4 is 22.7 Å². The number of rotatable bonds is 2. The second kappa shape index (κ2) is 5.80. The molecule has 122 valence electrons. The van der Waals surface area contributed by atoms with Gasteiger partial charge in [-0.25, -0.2) is 9.78 Å². The number of para-hydroxylation sites is 2. The quantitative estimate of drug-likeness (QED) is 0.705. The summed E-state index contributed by atoms with van der Waals surface area (Å²) in [5.74, 6) is 1.39. The lowest BCUT2D eigenvalue weighted by atomic mass is 10.3. The van der Waals surface area contributed by atoms with Crippen LogP contribution in [0.1, 0.15) is 0 Å². The van der Waals surface area contributed by atoms with Crippen LogP contribution < -0.4 is 21.0 Å². The maximum absolute atomic E-state index is 11.4. The van der Waals surface area contributed by atoms with Gasteiger partial charge in [0.25, 0.3) is 5.56 Å². The molecule has 0 aliphatic carbocycles. The first-order valence-corrected chi connectivity index (χ1v) is 7.74. The lowest BCUT2D eigenvalue weighted by Crippen LogP contribution is -2.48. The van der Waals surface area contributed by atoms with Crippen molar-refractivity contribution in [2.24, 2.45) is 0 Å². The summed E-state index contributed by atoms with van der Waals surface area (Å²) in [5.41, 5.74) is 0.870. The number of anilines is 2. The van der Waals surface area contributed by atoms with Crippen LogP contribution in [0, 0.1) is 0 Å². The minimum Gasteiger partial charge on any atom is -0.354 e. The summed E-state index contributed by atoms with van der Waals surface area (Å²) < 4.78 is 0. The predicted molar refractivity (Wildman–Crippen MR) is 91.6 cm³/mol. The van der Waals surface area contributed by atoms with Crippen LogP contribution in [0.2, 0.25) is 0 Å². The molecule has 0 unspecified atom stereocenters. The van der Waals surface area contributed by atoms with Crippen LogP contribution in [0.4, 0.5) is 11.6 Å². The van der Waals surface area contributed by atoms with Crippen LogP contribution in [-0.4, -0.2) is 46.1 Å². The van der Waals surface area contributed by atoms with E-state index < -0.39 is 11.2 Å². The zero-order chi connectivity index (χ0) is 16.5. The first kappa shape index (κ1) is 14.4. The summed E-state index contributed by atoms with van der Waals surface area (Å²) >= 11 is 0. The predicted octanol–water partition coefficient (Wildman–Crippen LogP) is 0.333. The molecule has 1 saturated heterocycles. The van der Waals surface area contributed by atoms with Crippen molar-refractivity contribution in [3.8, 4) is 0 Å². The number of benzene rings is 1. The Hall–Kier alpha value is -3.16. The number of hydrogen-bond acceptors (Lipinski definition) is 6. The molecule has 8 heteroatoms. The van der Waals surface area contributed by atoms with Gasteiger partial charge in [0.1, 0.15) is 11.6 Å². The lowest BCUT2D eigenvalue weighted by Gasteiger charge is -2.36. The van der Waals surface area contributed by atoms with E-state index in [4.69, 9.17) is 0 Å². The van der Waals surface area contributed by atoms with Gasteiger partial charge in [-0.15, -0.1) is 0 Å². The number of fused-ring (bicyclic) bond motifs is 1. The Bertz CT molecular complexity index is 959. The summed E-state index contributed by atoms with van der Waals surface area (Å²) in [6.07, 6.45) is 1.78. The molecule has 1 fully saturated rings. The molecule has 0 bridgehead atoms. The van der Waals surface area contributed by atoms with Crippen molar-refractivity contribution in [2.45, 2.75) is 0 Å². The van der Waals surface area contributed by atoms with E-state index in [2.05, 4.69) is 24.8 Å². The second-order valence-electron chi connectivity index (χ2n) is 5.66. The molecule has 1 aliphatic rings. The molecular formula is C16H16N6O2. The van der Waals surface area contributed by atoms with Gasteiger partial charge in [-0.3, -0.25) is 19.7 Å². The van der Waals surface area contributed by atoms with E-state index in [0.717, 1.165) is 29.9 Å². The SMILES string of the molecule is O=c1cc(N2CCN(c3cnc4ccccc4n3)CC2)[nH]c(=O)[nH]1. The normalized spacial score (nSPS) is 15.0. The van der Waals surface area contributed by atoms with Gasteiger partial charge < -0.3 is 9.80 Å². The number of nitrogens with zero attached hydrogens (tertiary/aromatic N) is 4. The Balaban J connectivity index is 1.52. The van der Waals surface area contributed by atoms with Gasteiger partial charge in [-0.2, -0.15) is 0 Å². The summed E-state index contributed by atoms with van der Waals surface area (Å²) in [5, 5.41) is 0. The molecule has 4 rings (SSSR count). The molecule has 0 saturated carbocycles. The highest BCUT2D eigenvalue weighted by molar-refractivity contribution is 5.75. The van der Waals surface area contributed by atoms with Gasteiger partial charge in [0.2, 0.25) is 0 Å². The van der Waals surface area contributed by atoms with E-state index in [1.165, 1.54) is 6.07 Å². The van der Waals surface area contributed by atoms with Crippen LogP contribution in [0.5, 0.6) is 0 Å². The number of nitrogens with one attached hydrogen (secondary N) is 2. The summed E-state index contributed by atoms with van der Waals surface area (Å²) in [4.78, 5) is 40.9. The average Bonchev–Trinajstić information content (AvgIpc) is 2.61. The third-order valence-corrected chi connectivity index (χ3v) is 4.13. The summed E-state index contributed by atoms with van der Waals surface area (Å²) in [6, 6.07) is 9.18. The van der Waals surface area contributed by atoms with Crippen molar-refractivity contribution in [3.05, 3.63) is 57.4 Å². The van der Waals surface area contributed by atoms with Gasteiger partial charge >= 0.3 is 5.69 Å². The van der Waals surface area contributed by atoms with E-state index in [0.29, 0.717) is 18.9 Å². The number of aromatic nitrogens is 4. The number of hydrogen-bond donors (Lipinski definition) is 2. The number of aromatic amines is 2. The Labute approximate surface area is 136 Å². The van der Waals surface area contributed by atoms with Crippen LogP contribution in [0.3, 0.4) is 0 Å². The Morgan fingerprint density at radius 2 is 1.62 bits per heavy atom. The molecule has 0 atom stereocenters. The standard InChI is InChI=1S/C16H16N6O2/c23-15-9-13(19-16(24)20-15)21-5-7-22(8-6-21)14-10-17-11-3-1-2-4-12(11)18-14/h1-4,9-10H,5-8H2,(H2,19,20,23,24). The minimum absolute atomic E-state index is 0.392. The largest absolute Gasteiger partial charge is 0.354 e. The molecule has 0 radical (unpaired) electrons. The molecule has 3 heterocycles. The lowest BCUT2D eigenvalue weighted by molar-refractivity contribution is 0.639. The van der Waals surface area contributed by atoms with Gasteiger partial charge in [0, 0.05) is 32.2 Å². The van der Waals surface area contributed by atoms with E-state index in [1.54, 1.807) is 6.20 Å². The van der Waals surface area contributed by atoms with Gasteiger partial charge in [0.05, 0.1) is 17.2 Å². The molecule has 8 nitrogen and oxygen atoms in total. The zero-order valence-corrected chi connectivity index (χ0v) is 12.9. The molecule has 2 N–H and O–H groups in total. The van der Waals surface area contributed by atoms with Crippen molar-refractivity contribution in [1.82, 2.24) is 19.9 Å². The van der Waals surface area contributed by atoms with Crippen LogP contribution in [0.15, 0.2) is 46.1 Å².